The molecule has 2 aromatic rings. The summed E-state index contributed by atoms with van der Waals surface area (Å²) < 4.78 is 0. The minimum atomic E-state index is -0.372. The largest absolute Gasteiger partial charge is 0.352 e. The average Bonchev–Trinajstić information content (AvgIpc) is 2.46. The van der Waals surface area contributed by atoms with Gasteiger partial charge in [-0.1, -0.05) is 47.5 Å². The summed E-state index contributed by atoms with van der Waals surface area (Å²) in [7, 11) is 0. The topological polar surface area (TPSA) is 58.2 Å². The molecule has 0 aliphatic heterocycles. The number of nitrogens with one attached hydrogen (secondary N) is 2. The monoisotopic (exact) mass is 316 g/mol. The van der Waals surface area contributed by atoms with Gasteiger partial charge in [0.1, 0.15) is 6.42 Å². The van der Waals surface area contributed by atoms with Crippen molar-refractivity contribution in [1.82, 2.24) is 5.32 Å². The number of carbonyl (C=O) groups excluding carboxylic acids is 2. The van der Waals surface area contributed by atoms with Crippen LogP contribution in [0.15, 0.2) is 48.5 Å². The van der Waals surface area contributed by atoms with E-state index in [1.54, 1.807) is 24.3 Å². The quantitative estimate of drug-likeness (QED) is 0.832. The second-order valence-electron chi connectivity index (χ2n) is 5.00. The molecule has 0 spiro atoms. The van der Waals surface area contributed by atoms with Crippen molar-refractivity contribution in [1.29, 1.82) is 0 Å². The highest BCUT2D eigenvalue weighted by atomic mass is 35.5. The summed E-state index contributed by atoms with van der Waals surface area (Å²) in [6.45, 7) is 2.41. The molecular weight excluding hydrogens is 300 g/mol. The lowest BCUT2D eigenvalue weighted by atomic mass is 10.1. The van der Waals surface area contributed by atoms with E-state index in [9.17, 15) is 9.59 Å². The van der Waals surface area contributed by atoms with Crippen molar-refractivity contribution in [3.63, 3.8) is 0 Å². The maximum atomic E-state index is 11.8. The van der Waals surface area contributed by atoms with E-state index in [2.05, 4.69) is 10.6 Å². The molecule has 0 radical (unpaired) electrons. The molecule has 0 fully saturated rings. The molecule has 0 heterocycles. The predicted octanol–water partition coefficient (Wildman–Crippen LogP) is 3.29. The van der Waals surface area contributed by atoms with Gasteiger partial charge in [0.2, 0.25) is 11.8 Å². The van der Waals surface area contributed by atoms with Gasteiger partial charge >= 0.3 is 0 Å². The number of aryl methyl sites for hydroxylation is 1. The highest BCUT2D eigenvalue weighted by Gasteiger charge is 2.09. The number of rotatable bonds is 5. The Hall–Kier alpha value is -2.33. The molecule has 0 aliphatic rings. The first-order valence-electron chi connectivity index (χ1n) is 6.90. The maximum Gasteiger partial charge on any atom is 0.233 e. The number of amides is 2. The van der Waals surface area contributed by atoms with Crippen molar-refractivity contribution in [2.75, 3.05) is 5.32 Å². The van der Waals surface area contributed by atoms with E-state index in [0.29, 0.717) is 17.3 Å². The highest BCUT2D eigenvalue weighted by Crippen LogP contribution is 2.14. The van der Waals surface area contributed by atoms with Crippen molar-refractivity contribution in [2.24, 2.45) is 0 Å². The van der Waals surface area contributed by atoms with Crippen LogP contribution in [-0.4, -0.2) is 11.8 Å². The van der Waals surface area contributed by atoms with Gasteiger partial charge in [0.05, 0.1) is 0 Å². The first kappa shape index (κ1) is 16.0. The summed E-state index contributed by atoms with van der Waals surface area (Å²) >= 11 is 5.83. The van der Waals surface area contributed by atoms with Crippen LogP contribution in [0.1, 0.15) is 17.5 Å². The van der Waals surface area contributed by atoms with Crippen molar-refractivity contribution in [3.05, 3.63) is 64.7 Å². The van der Waals surface area contributed by atoms with Gasteiger partial charge in [-0.15, -0.1) is 0 Å². The molecule has 4 nitrogen and oxygen atoms in total. The van der Waals surface area contributed by atoms with E-state index in [1.165, 1.54) is 0 Å². The molecule has 0 aliphatic carbocycles. The number of benzene rings is 2. The highest BCUT2D eigenvalue weighted by molar-refractivity contribution is 6.30. The van der Waals surface area contributed by atoms with Gasteiger partial charge in [0.25, 0.3) is 0 Å². The lowest BCUT2D eigenvalue weighted by Crippen LogP contribution is -2.27. The standard InChI is InChI=1S/C17H17ClN2O2/c1-12-5-7-13(8-6-12)11-19-16(21)10-17(22)20-15-4-2-3-14(18)9-15/h2-9H,10-11H2,1H3,(H,19,21)(H,20,22). The summed E-state index contributed by atoms with van der Waals surface area (Å²) in [6.07, 6.45) is -0.224. The third kappa shape index (κ3) is 5.22. The normalized spacial score (nSPS) is 10.1. The minimum absolute atomic E-state index is 0.224. The molecule has 2 rings (SSSR count). The van der Waals surface area contributed by atoms with Crippen molar-refractivity contribution in [2.45, 2.75) is 19.9 Å². The van der Waals surface area contributed by atoms with Crippen LogP contribution in [0.5, 0.6) is 0 Å². The van der Waals surface area contributed by atoms with E-state index in [0.717, 1.165) is 11.1 Å². The Balaban J connectivity index is 1.79. The molecule has 2 amide bonds. The molecular formula is C17H17ClN2O2. The maximum absolute atomic E-state index is 11.8. The van der Waals surface area contributed by atoms with Crippen molar-refractivity contribution in [3.8, 4) is 0 Å². The van der Waals surface area contributed by atoms with Gasteiger partial charge in [-0.25, -0.2) is 0 Å². The van der Waals surface area contributed by atoms with Crippen molar-refractivity contribution < 1.29 is 9.59 Å². The first-order chi connectivity index (χ1) is 10.5. The minimum Gasteiger partial charge on any atom is -0.352 e. The SMILES string of the molecule is Cc1ccc(CNC(=O)CC(=O)Nc2cccc(Cl)c2)cc1. The first-order valence-corrected chi connectivity index (χ1v) is 7.28. The summed E-state index contributed by atoms with van der Waals surface area (Å²) in [6, 6.07) is 14.6. The van der Waals surface area contributed by atoms with E-state index in [4.69, 9.17) is 11.6 Å². The molecule has 0 bridgehead atoms. The lowest BCUT2D eigenvalue weighted by Gasteiger charge is -2.07. The predicted molar refractivity (Wildman–Crippen MR) is 87.7 cm³/mol. The van der Waals surface area contributed by atoms with Crippen LogP contribution >= 0.6 is 11.6 Å². The molecule has 0 unspecified atom stereocenters. The van der Waals surface area contributed by atoms with Crippen molar-refractivity contribution >= 4 is 29.1 Å². The molecule has 0 saturated heterocycles. The molecule has 22 heavy (non-hydrogen) atoms. The Kier molecular flexibility index (Phi) is 5.55. The summed E-state index contributed by atoms with van der Waals surface area (Å²) in [5.74, 6) is -0.691. The average molecular weight is 317 g/mol. The van der Waals surface area contributed by atoms with E-state index in [-0.39, 0.29) is 18.2 Å². The number of hydrogen-bond donors (Lipinski definition) is 2. The van der Waals surface area contributed by atoms with Crippen LogP contribution in [0.3, 0.4) is 0 Å². The van der Waals surface area contributed by atoms with Crippen LogP contribution in [-0.2, 0) is 16.1 Å². The number of carbonyl (C=O) groups is 2. The summed E-state index contributed by atoms with van der Waals surface area (Å²) in [4.78, 5) is 23.5. The number of anilines is 1. The fraction of sp³-hybridized carbons (Fsp3) is 0.176. The Morgan fingerprint density at radius 2 is 1.77 bits per heavy atom. The van der Waals surface area contributed by atoms with Crippen LogP contribution in [0, 0.1) is 6.92 Å². The second-order valence-corrected chi connectivity index (χ2v) is 5.43. The zero-order valence-electron chi connectivity index (χ0n) is 12.2. The van der Waals surface area contributed by atoms with Gasteiger partial charge in [0.15, 0.2) is 0 Å². The smallest absolute Gasteiger partial charge is 0.233 e. The number of halogens is 1. The Morgan fingerprint density at radius 3 is 2.45 bits per heavy atom. The van der Waals surface area contributed by atoms with Gasteiger partial charge in [-0.2, -0.15) is 0 Å². The third-order valence-corrected chi connectivity index (χ3v) is 3.27. The molecule has 114 valence electrons. The van der Waals surface area contributed by atoms with Gasteiger partial charge in [0, 0.05) is 17.3 Å². The fourth-order valence-corrected chi connectivity index (χ4v) is 2.08. The van der Waals surface area contributed by atoms with Crippen LogP contribution in [0.25, 0.3) is 0 Å². The van der Waals surface area contributed by atoms with E-state index in [1.807, 2.05) is 31.2 Å². The van der Waals surface area contributed by atoms with Gasteiger partial charge < -0.3 is 10.6 Å². The fourth-order valence-electron chi connectivity index (χ4n) is 1.89. The third-order valence-electron chi connectivity index (χ3n) is 3.04. The van der Waals surface area contributed by atoms with E-state index < -0.39 is 0 Å². The zero-order chi connectivity index (χ0) is 15.9. The number of hydrogen-bond acceptors (Lipinski definition) is 2. The Labute approximate surface area is 134 Å². The second kappa shape index (κ2) is 7.61. The molecule has 2 aromatic carbocycles. The van der Waals surface area contributed by atoms with Crippen LogP contribution in [0.2, 0.25) is 5.02 Å². The molecule has 5 heteroatoms. The Morgan fingerprint density at radius 1 is 1.05 bits per heavy atom. The van der Waals surface area contributed by atoms with Crippen LogP contribution in [0.4, 0.5) is 5.69 Å². The zero-order valence-corrected chi connectivity index (χ0v) is 13.0. The van der Waals surface area contributed by atoms with E-state index >= 15 is 0 Å². The van der Waals surface area contributed by atoms with Gasteiger partial charge in [-0.3, -0.25) is 9.59 Å². The molecule has 0 atom stereocenters. The molecule has 2 N–H and O–H groups in total. The molecule has 0 aromatic heterocycles. The lowest BCUT2D eigenvalue weighted by molar-refractivity contribution is -0.126. The Bertz CT molecular complexity index is 669. The molecule has 0 saturated carbocycles. The summed E-state index contributed by atoms with van der Waals surface area (Å²) in [5.41, 5.74) is 2.73. The van der Waals surface area contributed by atoms with Gasteiger partial charge in [-0.05, 0) is 30.7 Å². The summed E-state index contributed by atoms with van der Waals surface area (Å²) in [5, 5.41) is 5.89. The van der Waals surface area contributed by atoms with Crippen LogP contribution < -0.4 is 10.6 Å².